The van der Waals surface area contributed by atoms with Crippen LogP contribution in [-0.4, -0.2) is 13.4 Å². The second kappa shape index (κ2) is 6.73. The van der Waals surface area contributed by atoms with E-state index in [1.165, 1.54) is 12.1 Å². The Hall–Kier alpha value is -1.50. The highest BCUT2D eigenvalue weighted by atomic mass is 35.5. The van der Waals surface area contributed by atoms with Gasteiger partial charge in [-0.2, -0.15) is 0 Å². The molecule has 0 saturated carbocycles. The number of nitrogens with one attached hydrogen (secondary N) is 1. The van der Waals surface area contributed by atoms with E-state index in [4.69, 9.17) is 11.6 Å². The van der Waals surface area contributed by atoms with E-state index >= 15 is 0 Å². The maximum absolute atomic E-state index is 13.7. The van der Waals surface area contributed by atoms with Gasteiger partial charge in [-0.3, -0.25) is 4.98 Å². The molecule has 4 nitrogen and oxygen atoms in total. The zero-order valence-corrected chi connectivity index (χ0v) is 13.7. The topological polar surface area (TPSA) is 59.1 Å². The molecule has 0 bridgehead atoms. The number of hydrogen-bond acceptors (Lipinski definition) is 3. The lowest BCUT2D eigenvalue weighted by molar-refractivity contribution is 0.561. The zero-order valence-electron chi connectivity index (χ0n) is 12.2. The summed E-state index contributed by atoms with van der Waals surface area (Å²) in [4.78, 5) is 4.13. The van der Waals surface area contributed by atoms with E-state index in [0.29, 0.717) is 0 Å². The molecule has 0 amide bonds. The molecule has 7 heteroatoms. The highest BCUT2D eigenvalue weighted by Crippen LogP contribution is 2.18. The number of aryl methyl sites for hydroxylation is 1. The highest BCUT2D eigenvalue weighted by Gasteiger charge is 2.18. The maximum atomic E-state index is 13.7. The second-order valence-electron chi connectivity index (χ2n) is 5.07. The summed E-state index contributed by atoms with van der Waals surface area (Å²) in [6, 6.07) is 7.09. The minimum atomic E-state index is -3.69. The SMILES string of the molecule is Cc1ccc(C(C)NS(=O)(=O)Cc2ccc(Cl)cc2F)cn1. The fourth-order valence-electron chi connectivity index (χ4n) is 1.96. The first-order valence-electron chi connectivity index (χ1n) is 6.63. The van der Waals surface area contributed by atoms with Crippen LogP contribution >= 0.6 is 11.6 Å². The van der Waals surface area contributed by atoms with Crippen LogP contribution in [0.25, 0.3) is 0 Å². The lowest BCUT2D eigenvalue weighted by Crippen LogP contribution is -2.28. The van der Waals surface area contributed by atoms with Gasteiger partial charge in [0.2, 0.25) is 10.0 Å². The third-order valence-corrected chi connectivity index (χ3v) is 4.79. The molecule has 0 aliphatic rings. The summed E-state index contributed by atoms with van der Waals surface area (Å²) in [5.41, 5.74) is 1.67. The van der Waals surface area contributed by atoms with Crippen LogP contribution in [0.15, 0.2) is 36.5 Å². The Morgan fingerprint density at radius 2 is 2.05 bits per heavy atom. The number of sulfonamides is 1. The van der Waals surface area contributed by atoms with Gasteiger partial charge < -0.3 is 0 Å². The second-order valence-corrected chi connectivity index (χ2v) is 7.26. The molecule has 0 spiro atoms. The zero-order chi connectivity index (χ0) is 16.3. The fourth-order valence-corrected chi connectivity index (χ4v) is 3.52. The minimum absolute atomic E-state index is 0.0751. The number of pyridine rings is 1. The number of hydrogen-bond donors (Lipinski definition) is 1. The predicted octanol–water partition coefficient (Wildman–Crippen LogP) is 3.36. The summed E-state index contributed by atoms with van der Waals surface area (Å²) in [5.74, 6) is -1.08. The van der Waals surface area contributed by atoms with Gasteiger partial charge in [0.05, 0.1) is 5.75 Å². The molecule has 118 valence electrons. The lowest BCUT2D eigenvalue weighted by atomic mass is 10.1. The molecule has 1 N–H and O–H groups in total. The van der Waals surface area contributed by atoms with Crippen molar-refractivity contribution < 1.29 is 12.8 Å². The Balaban J connectivity index is 2.12. The monoisotopic (exact) mass is 342 g/mol. The van der Waals surface area contributed by atoms with Gasteiger partial charge in [0.1, 0.15) is 5.82 Å². The van der Waals surface area contributed by atoms with Gasteiger partial charge >= 0.3 is 0 Å². The van der Waals surface area contributed by atoms with Crippen LogP contribution in [0.2, 0.25) is 5.02 Å². The van der Waals surface area contributed by atoms with Crippen molar-refractivity contribution in [1.82, 2.24) is 9.71 Å². The lowest BCUT2D eigenvalue weighted by Gasteiger charge is -2.15. The van der Waals surface area contributed by atoms with E-state index in [1.807, 2.05) is 6.92 Å². The quantitative estimate of drug-likeness (QED) is 0.906. The van der Waals surface area contributed by atoms with Crippen molar-refractivity contribution in [3.63, 3.8) is 0 Å². The molecular formula is C15H16ClFN2O2S. The molecule has 0 saturated heterocycles. The third kappa shape index (κ3) is 4.50. The van der Waals surface area contributed by atoms with Crippen molar-refractivity contribution in [2.45, 2.75) is 25.6 Å². The molecule has 1 aromatic carbocycles. The third-order valence-electron chi connectivity index (χ3n) is 3.15. The molecule has 0 radical (unpaired) electrons. The van der Waals surface area contributed by atoms with Crippen LogP contribution < -0.4 is 4.72 Å². The number of benzene rings is 1. The average Bonchev–Trinajstić information content (AvgIpc) is 2.42. The van der Waals surface area contributed by atoms with Crippen molar-refractivity contribution in [2.75, 3.05) is 0 Å². The van der Waals surface area contributed by atoms with Crippen molar-refractivity contribution in [2.24, 2.45) is 0 Å². The summed E-state index contributed by atoms with van der Waals surface area (Å²) in [5, 5.41) is 0.228. The Bertz CT molecular complexity index is 764. The molecular weight excluding hydrogens is 327 g/mol. The minimum Gasteiger partial charge on any atom is -0.261 e. The Kier molecular flexibility index (Phi) is 5.16. The number of rotatable bonds is 5. The molecule has 1 aromatic heterocycles. The van der Waals surface area contributed by atoms with Crippen molar-refractivity contribution >= 4 is 21.6 Å². The van der Waals surface area contributed by atoms with Gasteiger partial charge in [-0.25, -0.2) is 17.5 Å². The molecule has 0 aliphatic heterocycles. The predicted molar refractivity (Wildman–Crippen MR) is 84.6 cm³/mol. The molecule has 2 aromatic rings. The maximum Gasteiger partial charge on any atom is 0.216 e. The highest BCUT2D eigenvalue weighted by molar-refractivity contribution is 7.88. The van der Waals surface area contributed by atoms with Gasteiger partial charge in [-0.05, 0) is 37.6 Å². The summed E-state index contributed by atoms with van der Waals surface area (Å²) in [6.07, 6.45) is 1.62. The number of aromatic nitrogens is 1. The summed E-state index contributed by atoms with van der Waals surface area (Å²) >= 11 is 5.65. The smallest absolute Gasteiger partial charge is 0.216 e. The van der Waals surface area contributed by atoms with Gasteiger partial charge in [0.15, 0.2) is 0 Å². The van der Waals surface area contributed by atoms with Crippen LogP contribution in [-0.2, 0) is 15.8 Å². The molecule has 1 heterocycles. The van der Waals surface area contributed by atoms with E-state index in [9.17, 15) is 12.8 Å². The first-order valence-corrected chi connectivity index (χ1v) is 8.66. The van der Waals surface area contributed by atoms with Crippen LogP contribution in [0.5, 0.6) is 0 Å². The van der Waals surface area contributed by atoms with Crippen molar-refractivity contribution in [1.29, 1.82) is 0 Å². The normalized spacial score (nSPS) is 13.1. The van der Waals surface area contributed by atoms with Crippen LogP contribution in [0.4, 0.5) is 4.39 Å². The van der Waals surface area contributed by atoms with Crippen LogP contribution in [0, 0.1) is 12.7 Å². The van der Waals surface area contributed by atoms with Crippen LogP contribution in [0.1, 0.15) is 29.8 Å². The Morgan fingerprint density at radius 3 is 2.64 bits per heavy atom. The molecule has 1 unspecified atom stereocenters. The van der Waals surface area contributed by atoms with Crippen molar-refractivity contribution in [3.05, 3.63) is 64.2 Å². The number of nitrogens with zero attached hydrogens (tertiary/aromatic N) is 1. The van der Waals surface area contributed by atoms with Gasteiger partial charge in [-0.15, -0.1) is 0 Å². The standard InChI is InChI=1S/C15H16ClFN2O2S/c1-10-3-4-12(8-18-10)11(2)19-22(20,21)9-13-5-6-14(16)7-15(13)17/h3-8,11,19H,9H2,1-2H3. The van der Waals surface area contributed by atoms with E-state index in [0.717, 1.165) is 17.3 Å². The first kappa shape index (κ1) is 16.9. The molecule has 1 atom stereocenters. The van der Waals surface area contributed by atoms with Gasteiger partial charge in [-0.1, -0.05) is 23.7 Å². The molecule has 22 heavy (non-hydrogen) atoms. The summed E-state index contributed by atoms with van der Waals surface area (Å²) in [6.45, 7) is 3.56. The van der Waals surface area contributed by atoms with E-state index in [-0.39, 0.29) is 10.6 Å². The Labute approximate surface area is 134 Å². The van der Waals surface area contributed by atoms with Crippen LogP contribution in [0.3, 0.4) is 0 Å². The fraction of sp³-hybridized carbons (Fsp3) is 0.267. The number of halogens is 2. The molecule has 0 fully saturated rings. The van der Waals surface area contributed by atoms with E-state index in [2.05, 4.69) is 9.71 Å². The van der Waals surface area contributed by atoms with E-state index in [1.54, 1.807) is 25.3 Å². The van der Waals surface area contributed by atoms with Gasteiger partial charge in [0.25, 0.3) is 0 Å². The summed E-state index contributed by atoms with van der Waals surface area (Å²) in [7, 11) is -3.69. The largest absolute Gasteiger partial charge is 0.261 e. The average molecular weight is 343 g/mol. The summed E-state index contributed by atoms with van der Waals surface area (Å²) < 4.78 is 40.5. The molecule has 0 aliphatic carbocycles. The van der Waals surface area contributed by atoms with Crippen molar-refractivity contribution in [3.8, 4) is 0 Å². The first-order chi connectivity index (χ1) is 10.3. The molecule has 2 rings (SSSR count). The van der Waals surface area contributed by atoms with Gasteiger partial charge in [0, 0.05) is 28.5 Å². The Morgan fingerprint density at radius 1 is 1.32 bits per heavy atom. The van der Waals surface area contributed by atoms with E-state index < -0.39 is 27.6 Å².